The van der Waals surface area contributed by atoms with Crippen LogP contribution in [0.1, 0.15) is 50.8 Å². The van der Waals surface area contributed by atoms with Gasteiger partial charge in [0.15, 0.2) is 11.6 Å². The van der Waals surface area contributed by atoms with Crippen LogP contribution < -0.4 is 0 Å². The zero-order valence-corrected chi connectivity index (χ0v) is 18.9. The summed E-state index contributed by atoms with van der Waals surface area (Å²) in [6.45, 7) is 2.00. The van der Waals surface area contributed by atoms with E-state index in [1.54, 1.807) is 12.1 Å². The maximum absolute atomic E-state index is 13.2. The Labute approximate surface area is 198 Å². The lowest BCUT2D eigenvalue weighted by Gasteiger charge is -2.19. The highest BCUT2D eigenvalue weighted by molar-refractivity contribution is 6.34. The molecule has 2 nitrogen and oxygen atoms in total. The van der Waals surface area contributed by atoms with Crippen LogP contribution in [0.25, 0.3) is 16.7 Å². The van der Waals surface area contributed by atoms with Crippen LogP contribution in [0.2, 0.25) is 5.02 Å². The van der Waals surface area contributed by atoms with E-state index in [4.69, 9.17) is 11.6 Å². The number of carbonyl (C=O) groups is 2. The van der Waals surface area contributed by atoms with Gasteiger partial charge in [0, 0.05) is 27.3 Å². The highest BCUT2D eigenvalue weighted by Gasteiger charge is 2.24. The van der Waals surface area contributed by atoms with E-state index in [0.717, 1.165) is 39.0 Å². The number of hydrogen-bond donors (Lipinski definition) is 0. The van der Waals surface area contributed by atoms with Gasteiger partial charge in [0.25, 0.3) is 0 Å². The summed E-state index contributed by atoms with van der Waals surface area (Å²) < 4.78 is 0. The largest absolute Gasteiger partial charge is 0.289 e. The summed E-state index contributed by atoms with van der Waals surface area (Å²) in [5.41, 5.74) is 7.45. The Morgan fingerprint density at radius 2 is 1.18 bits per heavy atom. The molecule has 0 N–H and O–H groups in total. The molecule has 0 bridgehead atoms. The van der Waals surface area contributed by atoms with Crippen LogP contribution in [0, 0.1) is 0 Å². The number of Topliss-reactive ketones (excluding diaryl/α,β-unsaturated/α-hetero) is 2. The molecule has 0 fully saturated rings. The predicted octanol–water partition coefficient (Wildman–Crippen LogP) is 7.62. The molecule has 0 radical (unpaired) electrons. The van der Waals surface area contributed by atoms with Gasteiger partial charge in [0.1, 0.15) is 0 Å². The second-order valence-electron chi connectivity index (χ2n) is 8.08. The van der Waals surface area contributed by atoms with Crippen molar-refractivity contribution < 1.29 is 9.59 Å². The van der Waals surface area contributed by atoms with Crippen LogP contribution in [0.15, 0.2) is 103 Å². The van der Waals surface area contributed by atoms with Crippen LogP contribution in [-0.2, 0) is 0 Å². The van der Waals surface area contributed by atoms with Crippen LogP contribution in [-0.4, -0.2) is 11.6 Å². The molecule has 3 heteroatoms. The number of ketones is 2. The SMILES string of the molecule is CCC1=CC(=CC=C2C=C(c3ccc(Cl)cc3)C(=O)c3ccccc32)c2ccccc2C1=O. The highest BCUT2D eigenvalue weighted by Crippen LogP contribution is 2.36. The van der Waals surface area contributed by atoms with E-state index in [-0.39, 0.29) is 11.6 Å². The summed E-state index contributed by atoms with van der Waals surface area (Å²) in [5.74, 6) is 0.0935. The number of rotatable bonds is 3. The van der Waals surface area contributed by atoms with Crippen molar-refractivity contribution in [3.8, 4) is 0 Å². The minimum atomic E-state index is -0.000464. The zero-order chi connectivity index (χ0) is 22.9. The third-order valence-electron chi connectivity index (χ3n) is 6.11. The van der Waals surface area contributed by atoms with E-state index >= 15 is 0 Å². The average Bonchev–Trinajstić information content (AvgIpc) is 2.85. The van der Waals surface area contributed by atoms with Gasteiger partial charge in [-0.25, -0.2) is 0 Å². The second-order valence-corrected chi connectivity index (χ2v) is 8.52. The summed E-state index contributed by atoms with van der Waals surface area (Å²) in [5, 5.41) is 0.632. The first-order chi connectivity index (χ1) is 16.1. The lowest BCUT2D eigenvalue weighted by Crippen LogP contribution is -2.11. The molecule has 5 rings (SSSR count). The molecule has 2 aliphatic carbocycles. The van der Waals surface area contributed by atoms with Gasteiger partial charge >= 0.3 is 0 Å². The smallest absolute Gasteiger partial charge is 0.194 e. The molecule has 0 heterocycles. The lowest BCUT2D eigenvalue weighted by molar-refractivity contribution is 0.102. The van der Waals surface area contributed by atoms with E-state index in [9.17, 15) is 9.59 Å². The van der Waals surface area contributed by atoms with Crippen molar-refractivity contribution in [1.29, 1.82) is 0 Å². The normalized spacial score (nSPS) is 17.5. The number of fused-ring (bicyclic) bond motifs is 2. The van der Waals surface area contributed by atoms with Gasteiger partial charge in [-0.2, -0.15) is 0 Å². The Morgan fingerprint density at radius 3 is 1.76 bits per heavy atom. The molecule has 3 aromatic carbocycles. The van der Waals surface area contributed by atoms with Crippen molar-refractivity contribution in [3.63, 3.8) is 0 Å². The third-order valence-corrected chi connectivity index (χ3v) is 6.36. The quantitative estimate of drug-likeness (QED) is 0.413. The number of allylic oxidation sites excluding steroid dienone is 8. The van der Waals surface area contributed by atoms with Gasteiger partial charge in [-0.1, -0.05) is 91.3 Å². The number of benzene rings is 3. The van der Waals surface area contributed by atoms with Gasteiger partial charge in [-0.15, -0.1) is 0 Å². The van der Waals surface area contributed by atoms with Crippen molar-refractivity contribution in [1.82, 2.24) is 0 Å². The molecule has 33 heavy (non-hydrogen) atoms. The standard InChI is InChI=1S/C30H21ClO2/c1-2-19-17-21(24-7-3-5-9-26(24)29(19)32)11-12-22-18-28(20-13-15-23(31)16-14-20)30(33)27-10-6-4-8-25(22)27/h3-18H,2H2,1H3. The Balaban J connectivity index is 1.66. The van der Waals surface area contributed by atoms with E-state index in [1.165, 1.54) is 0 Å². The number of carbonyl (C=O) groups excluding carboxylic acids is 2. The molecule has 0 spiro atoms. The van der Waals surface area contributed by atoms with E-state index < -0.39 is 0 Å². The molecule has 0 saturated heterocycles. The Kier molecular flexibility index (Phi) is 5.53. The summed E-state index contributed by atoms with van der Waals surface area (Å²) in [6.07, 6.45) is 8.67. The second kappa shape index (κ2) is 8.65. The van der Waals surface area contributed by atoms with Crippen molar-refractivity contribution in [3.05, 3.63) is 136 Å². The molecule has 3 aromatic rings. The topological polar surface area (TPSA) is 34.1 Å². The van der Waals surface area contributed by atoms with Crippen LogP contribution in [0.3, 0.4) is 0 Å². The third kappa shape index (κ3) is 3.83. The van der Waals surface area contributed by atoms with E-state index in [2.05, 4.69) is 0 Å². The first kappa shape index (κ1) is 21.1. The molecule has 0 aromatic heterocycles. The zero-order valence-electron chi connectivity index (χ0n) is 18.1. The molecule has 0 amide bonds. The van der Waals surface area contributed by atoms with Gasteiger partial charge < -0.3 is 0 Å². The Hall–Kier alpha value is -3.75. The van der Waals surface area contributed by atoms with Crippen molar-refractivity contribution in [2.24, 2.45) is 0 Å². The molecule has 0 saturated carbocycles. The summed E-state index contributed by atoms with van der Waals surface area (Å²) in [7, 11) is 0. The highest BCUT2D eigenvalue weighted by atomic mass is 35.5. The minimum Gasteiger partial charge on any atom is -0.289 e. The molecule has 2 aliphatic rings. The monoisotopic (exact) mass is 448 g/mol. The Morgan fingerprint density at radius 1 is 0.667 bits per heavy atom. The molecule has 0 unspecified atom stereocenters. The lowest BCUT2D eigenvalue weighted by atomic mass is 9.83. The van der Waals surface area contributed by atoms with E-state index in [0.29, 0.717) is 22.6 Å². The van der Waals surface area contributed by atoms with Crippen molar-refractivity contribution in [2.75, 3.05) is 0 Å². The average molecular weight is 449 g/mol. The number of halogens is 1. The van der Waals surface area contributed by atoms with Crippen LogP contribution >= 0.6 is 11.6 Å². The maximum Gasteiger partial charge on any atom is 0.194 e. The Bertz CT molecular complexity index is 1420. The maximum atomic E-state index is 13.2. The van der Waals surface area contributed by atoms with Gasteiger partial charge in [0.2, 0.25) is 0 Å². The molecular weight excluding hydrogens is 428 g/mol. The van der Waals surface area contributed by atoms with Gasteiger partial charge in [-0.05, 0) is 58.5 Å². The fraction of sp³-hybridized carbons (Fsp3) is 0.0667. The van der Waals surface area contributed by atoms with Crippen LogP contribution in [0.4, 0.5) is 0 Å². The first-order valence-electron chi connectivity index (χ1n) is 10.9. The summed E-state index contributed by atoms with van der Waals surface area (Å²) in [4.78, 5) is 26.0. The summed E-state index contributed by atoms with van der Waals surface area (Å²) >= 11 is 6.05. The van der Waals surface area contributed by atoms with Gasteiger partial charge in [0.05, 0.1) is 0 Å². The van der Waals surface area contributed by atoms with Crippen molar-refractivity contribution in [2.45, 2.75) is 13.3 Å². The van der Waals surface area contributed by atoms with Crippen LogP contribution in [0.5, 0.6) is 0 Å². The minimum absolute atomic E-state index is 0.000464. The fourth-order valence-electron chi connectivity index (χ4n) is 4.38. The molecule has 0 atom stereocenters. The van der Waals surface area contributed by atoms with E-state index in [1.807, 2.05) is 91.9 Å². The molecule has 0 aliphatic heterocycles. The number of hydrogen-bond acceptors (Lipinski definition) is 2. The first-order valence-corrected chi connectivity index (χ1v) is 11.3. The van der Waals surface area contributed by atoms with Crippen molar-refractivity contribution >= 4 is 39.9 Å². The fourth-order valence-corrected chi connectivity index (χ4v) is 4.50. The predicted molar refractivity (Wildman–Crippen MR) is 135 cm³/mol. The molecular formula is C30H21ClO2. The van der Waals surface area contributed by atoms with Gasteiger partial charge in [-0.3, -0.25) is 9.59 Å². The molecule has 160 valence electrons. The summed E-state index contributed by atoms with van der Waals surface area (Å²) in [6, 6.07) is 22.7.